The lowest BCUT2D eigenvalue weighted by atomic mass is 10.1. The lowest BCUT2D eigenvalue weighted by Gasteiger charge is -2.21. The van der Waals surface area contributed by atoms with Gasteiger partial charge in [-0.25, -0.2) is 5.48 Å². The van der Waals surface area contributed by atoms with Crippen LogP contribution in [0.15, 0.2) is 42.5 Å². The number of ether oxygens (including phenoxy) is 3. The highest BCUT2D eigenvalue weighted by atomic mass is 16.7. The minimum atomic E-state index is -0.464. The number of hydrogen-bond acceptors (Lipinski definition) is 6. The van der Waals surface area contributed by atoms with Crippen LogP contribution in [-0.4, -0.2) is 36.5 Å². The van der Waals surface area contributed by atoms with Gasteiger partial charge in [-0.1, -0.05) is 18.2 Å². The highest BCUT2D eigenvalue weighted by molar-refractivity contribution is 5.76. The fourth-order valence-corrected chi connectivity index (χ4v) is 2.69. The Bertz CT molecular complexity index is 733. The summed E-state index contributed by atoms with van der Waals surface area (Å²) in [5.41, 5.74) is 3.71. The molecule has 7 heteroatoms. The monoisotopic (exact) mass is 344 g/mol. The van der Waals surface area contributed by atoms with Crippen molar-refractivity contribution in [2.24, 2.45) is 0 Å². The largest absolute Gasteiger partial charge is 0.497 e. The van der Waals surface area contributed by atoms with Crippen molar-refractivity contribution in [2.75, 3.05) is 20.4 Å². The molecule has 2 aromatic carbocycles. The number of carbonyl (C=O) groups is 1. The number of hydroxylamine groups is 1. The van der Waals surface area contributed by atoms with Gasteiger partial charge in [-0.3, -0.25) is 14.9 Å². The van der Waals surface area contributed by atoms with Crippen LogP contribution in [0.5, 0.6) is 17.2 Å². The van der Waals surface area contributed by atoms with E-state index in [0.717, 1.165) is 22.6 Å². The Labute approximate surface area is 145 Å². The summed E-state index contributed by atoms with van der Waals surface area (Å²) in [6.45, 7) is 1.36. The van der Waals surface area contributed by atoms with Gasteiger partial charge in [0.2, 0.25) is 6.79 Å². The third-order valence-corrected chi connectivity index (χ3v) is 3.90. The predicted octanol–water partition coefficient (Wildman–Crippen LogP) is 1.93. The molecule has 0 saturated heterocycles. The van der Waals surface area contributed by atoms with Gasteiger partial charge in [0.25, 0.3) is 5.91 Å². The van der Waals surface area contributed by atoms with Crippen LogP contribution in [0.3, 0.4) is 0 Å². The second kappa shape index (κ2) is 7.87. The second-order valence-electron chi connectivity index (χ2n) is 5.72. The molecule has 1 aliphatic rings. The van der Waals surface area contributed by atoms with E-state index < -0.39 is 5.91 Å². The Balaban J connectivity index is 1.73. The van der Waals surface area contributed by atoms with Gasteiger partial charge in [0.15, 0.2) is 11.5 Å². The van der Waals surface area contributed by atoms with Crippen molar-refractivity contribution in [3.8, 4) is 17.2 Å². The van der Waals surface area contributed by atoms with Gasteiger partial charge in [-0.15, -0.1) is 0 Å². The molecule has 2 aromatic rings. The number of hydrogen-bond donors (Lipinski definition) is 2. The van der Waals surface area contributed by atoms with E-state index in [1.807, 2.05) is 47.4 Å². The zero-order chi connectivity index (χ0) is 17.6. The molecule has 0 saturated carbocycles. The second-order valence-corrected chi connectivity index (χ2v) is 5.72. The summed E-state index contributed by atoms with van der Waals surface area (Å²) in [5.74, 6) is 1.74. The Morgan fingerprint density at radius 2 is 1.80 bits per heavy atom. The van der Waals surface area contributed by atoms with Crippen LogP contribution in [0.25, 0.3) is 0 Å². The minimum Gasteiger partial charge on any atom is -0.497 e. The van der Waals surface area contributed by atoms with Crippen molar-refractivity contribution in [3.05, 3.63) is 53.6 Å². The molecule has 0 bridgehead atoms. The van der Waals surface area contributed by atoms with Crippen LogP contribution in [-0.2, 0) is 17.9 Å². The van der Waals surface area contributed by atoms with Gasteiger partial charge in [-0.2, -0.15) is 0 Å². The number of methoxy groups -OCH3 is 1. The summed E-state index contributed by atoms with van der Waals surface area (Å²) >= 11 is 0. The first-order valence-corrected chi connectivity index (χ1v) is 7.84. The standard InChI is InChI=1S/C18H20N2O5/c1-23-15-5-2-13(3-6-15)9-20(11-18(21)19-22)10-14-4-7-16-17(8-14)25-12-24-16/h2-8,22H,9-12H2,1H3,(H,19,21). The number of fused-ring (bicyclic) bond motifs is 1. The maximum Gasteiger partial charge on any atom is 0.257 e. The molecular formula is C18H20N2O5. The van der Waals surface area contributed by atoms with E-state index in [9.17, 15) is 4.79 Å². The van der Waals surface area contributed by atoms with Gasteiger partial charge in [0.1, 0.15) is 5.75 Å². The van der Waals surface area contributed by atoms with E-state index in [1.165, 1.54) is 0 Å². The van der Waals surface area contributed by atoms with E-state index >= 15 is 0 Å². The van der Waals surface area contributed by atoms with E-state index in [-0.39, 0.29) is 13.3 Å². The molecule has 0 unspecified atom stereocenters. The van der Waals surface area contributed by atoms with Crippen molar-refractivity contribution in [1.29, 1.82) is 0 Å². The Morgan fingerprint density at radius 1 is 1.12 bits per heavy atom. The first-order chi connectivity index (χ1) is 12.2. The molecule has 7 nitrogen and oxygen atoms in total. The number of carbonyl (C=O) groups excluding carboxylic acids is 1. The lowest BCUT2D eigenvalue weighted by molar-refractivity contribution is -0.130. The molecule has 25 heavy (non-hydrogen) atoms. The molecule has 1 amide bonds. The quantitative estimate of drug-likeness (QED) is 0.590. The van der Waals surface area contributed by atoms with Crippen LogP contribution in [0.2, 0.25) is 0 Å². The average Bonchev–Trinajstić information content (AvgIpc) is 3.10. The third-order valence-electron chi connectivity index (χ3n) is 3.90. The SMILES string of the molecule is COc1ccc(CN(CC(=O)NO)Cc2ccc3c(c2)OCO3)cc1. The highest BCUT2D eigenvalue weighted by Crippen LogP contribution is 2.32. The van der Waals surface area contributed by atoms with Crippen LogP contribution < -0.4 is 19.7 Å². The van der Waals surface area contributed by atoms with Crippen molar-refractivity contribution in [2.45, 2.75) is 13.1 Å². The van der Waals surface area contributed by atoms with Crippen molar-refractivity contribution >= 4 is 5.91 Å². The fourth-order valence-electron chi connectivity index (χ4n) is 2.69. The molecule has 0 spiro atoms. The number of benzene rings is 2. The van der Waals surface area contributed by atoms with Crippen LogP contribution in [0.4, 0.5) is 0 Å². The number of rotatable bonds is 7. The smallest absolute Gasteiger partial charge is 0.257 e. The van der Waals surface area contributed by atoms with E-state index in [0.29, 0.717) is 18.8 Å². The maximum atomic E-state index is 11.6. The summed E-state index contributed by atoms with van der Waals surface area (Å²) in [7, 11) is 1.62. The van der Waals surface area contributed by atoms with Crippen molar-refractivity contribution < 1.29 is 24.2 Å². The number of nitrogens with one attached hydrogen (secondary N) is 1. The first-order valence-electron chi connectivity index (χ1n) is 7.84. The molecule has 0 fully saturated rings. The maximum absolute atomic E-state index is 11.6. The molecule has 0 atom stereocenters. The van der Waals surface area contributed by atoms with Gasteiger partial charge in [0, 0.05) is 13.1 Å². The Kier molecular flexibility index (Phi) is 5.37. The number of nitrogens with zero attached hydrogens (tertiary/aromatic N) is 1. The normalized spacial score (nSPS) is 12.3. The zero-order valence-electron chi connectivity index (χ0n) is 13.9. The molecule has 132 valence electrons. The summed E-state index contributed by atoms with van der Waals surface area (Å²) in [6, 6.07) is 13.3. The Morgan fingerprint density at radius 3 is 2.52 bits per heavy atom. The molecule has 0 radical (unpaired) electrons. The zero-order valence-corrected chi connectivity index (χ0v) is 13.9. The van der Waals surface area contributed by atoms with Crippen molar-refractivity contribution in [1.82, 2.24) is 10.4 Å². The van der Waals surface area contributed by atoms with Gasteiger partial charge < -0.3 is 14.2 Å². The van der Waals surface area contributed by atoms with Gasteiger partial charge in [0.05, 0.1) is 13.7 Å². The highest BCUT2D eigenvalue weighted by Gasteiger charge is 2.16. The third kappa shape index (κ3) is 4.40. The van der Waals surface area contributed by atoms with Crippen molar-refractivity contribution in [3.63, 3.8) is 0 Å². The average molecular weight is 344 g/mol. The molecule has 0 aromatic heterocycles. The van der Waals surface area contributed by atoms with E-state index in [4.69, 9.17) is 19.4 Å². The molecule has 3 rings (SSSR count). The molecule has 2 N–H and O–H groups in total. The minimum absolute atomic E-state index is 0.0664. The van der Waals surface area contributed by atoms with Crippen LogP contribution >= 0.6 is 0 Å². The first kappa shape index (κ1) is 17.1. The summed E-state index contributed by atoms with van der Waals surface area (Å²) in [4.78, 5) is 13.5. The van der Waals surface area contributed by atoms with Gasteiger partial charge in [-0.05, 0) is 35.4 Å². The molecule has 1 aliphatic heterocycles. The summed E-state index contributed by atoms with van der Waals surface area (Å²) in [6.07, 6.45) is 0. The molecular weight excluding hydrogens is 324 g/mol. The van der Waals surface area contributed by atoms with E-state index in [2.05, 4.69) is 0 Å². The van der Waals surface area contributed by atoms with E-state index in [1.54, 1.807) is 12.6 Å². The molecule has 1 heterocycles. The lowest BCUT2D eigenvalue weighted by Crippen LogP contribution is -2.35. The number of amides is 1. The van der Waals surface area contributed by atoms with Crippen LogP contribution in [0, 0.1) is 0 Å². The summed E-state index contributed by atoms with van der Waals surface area (Å²) in [5, 5.41) is 8.83. The Hall–Kier alpha value is -2.77. The predicted molar refractivity (Wildman–Crippen MR) is 89.6 cm³/mol. The topological polar surface area (TPSA) is 80.3 Å². The van der Waals surface area contributed by atoms with Gasteiger partial charge >= 0.3 is 0 Å². The molecule has 0 aliphatic carbocycles. The fraction of sp³-hybridized carbons (Fsp3) is 0.278. The summed E-state index contributed by atoms with van der Waals surface area (Å²) < 4.78 is 15.9. The van der Waals surface area contributed by atoms with Crippen LogP contribution in [0.1, 0.15) is 11.1 Å².